The molecule has 0 aromatic rings. The van der Waals surface area contributed by atoms with Crippen LogP contribution >= 0.6 is 0 Å². The van der Waals surface area contributed by atoms with Gasteiger partial charge in [0, 0.05) is 12.8 Å². The predicted molar refractivity (Wildman–Crippen MR) is 403 cm³/mol. The summed E-state index contributed by atoms with van der Waals surface area (Å²) in [5, 5.41) is 23.5. The van der Waals surface area contributed by atoms with E-state index >= 15 is 0 Å². The third kappa shape index (κ3) is 77.0. The van der Waals surface area contributed by atoms with Crippen LogP contribution in [0.3, 0.4) is 0 Å². The fourth-order valence-corrected chi connectivity index (χ4v) is 13.3. The number of amides is 1. The quantitative estimate of drug-likeness (QED) is 0.0320. The Kier molecular flexibility index (Phi) is 78.8. The summed E-state index contributed by atoms with van der Waals surface area (Å²) in [6.07, 6.45) is 106. The van der Waals surface area contributed by atoms with Crippen LogP contribution in [-0.4, -0.2) is 47.4 Å². The molecule has 0 aromatic carbocycles. The highest BCUT2D eigenvalue weighted by Gasteiger charge is 2.20. The van der Waals surface area contributed by atoms with Gasteiger partial charge in [-0.3, -0.25) is 9.59 Å². The lowest BCUT2D eigenvalue weighted by atomic mass is 10.0. The van der Waals surface area contributed by atoms with Crippen molar-refractivity contribution in [3.63, 3.8) is 0 Å². The van der Waals surface area contributed by atoms with Gasteiger partial charge in [0.15, 0.2) is 0 Å². The van der Waals surface area contributed by atoms with E-state index in [2.05, 4.69) is 55.6 Å². The summed E-state index contributed by atoms with van der Waals surface area (Å²) in [6, 6.07) is -0.541. The Morgan fingerprint density at radius 3 is 0.879 bits per heavy atom. The first-order valence-corrected chi connectivity index (χ1v) is 41.7. The van der Waals surface area contributed by atoms with E-state index in [1.807, 2.05) is 0 Å². The lowest BCUT2D eigenvalue weighted by molar-refractivity contribution is -0.143. The highest BCUT2D eigenvalue weighted by molar-refractivity contribution is 5.76. The minimum Gasteiger partial charge on any atom is -0.466 e. The Hall–Kier alpha value is -1.92. The number of aliphatic hydroxyl groups excluding tert-OH is 2. The lowest BCUT2D eigenvalue weighted by Gasteiger charge is -2.22. The molecule has 0 aliphatic carbocycles. The summed E-state index contributed by atoms with van der Waals surface area (Å²) in [5.41, 5.74) is 0. The van der Waals surface area contributed by atoms with Gasteiger partial charge in [-0.1, -0.05) is 416 Å². The van der Waals surface area contributed by atoms with Crippen molar-refractivity contribution in [1.82, 2.24) is 5.32 Å². The van der Waals surface area contributed by atoms with E-state index in [0.29, 0.717) is 25.9 Å². The van der Waals surface area contributed by atoms with Crippen molar-refractivity contribution in [2.75, 3.05) is 13.2 Å². The molecule has 0 rings (SSSR count). The molecule has 0 saturated carbocycles. The molecule has 0 saturated heterocycles. The molecule has 6 nitrogen and oxygen atoms in total. The number of hydrogen-bond donors (Lipinski definition) is 3. The molecule has 0 spiro atoms. The first-order chi connectivity index (χ1) is 45.0. The topological polar surface area (TPSA) is 95.9 Å². The zero-order valence-electron chi connectivity index (χ0n) is 61.9. The van der Waals surface area contributed by atoms with E-state index in [1.165, 1.54) is 385 Å². The third-order valence-electron chi connectivity index (χ3n) is 19.7. The van der Waals surface area contributed by atoms with Crippen molar-refractivity contribution in [3.8, 4) is 0 Å². The fraction of sp³-hybridized carbons (Fsp3) is 0.906. The second kappa shape index (κ2) is 80.5. The molecule has 0 radical (unpaired) electrons. The first kappa shape index (κ1) is 89.1. The number of nitrogens with one attached hydrogen (secondary N) is 1. The van der Waals surface area contributed by atoms with Crippen LogP contribution < -0.4 is 5.32 Å². The molecule has 91 heavy (non-hydrogen) atoms. The van der Waals surface area contributed by atoms with Crippen LogP contribution in [0.4, 0.5) is 0 Å². The van der Waals surface area contributed by atoms with Gasteiger partial charge in [0.1, 0.15) is 0 Å². The lowest BCUT2D eigenvalue weighted by Crippen LogP contribution is -2.45. The van der Waals surface area contributed by atoms with E-state index in [1.54, 1.807) is 0 Å². The summed E-state index contributed by atoms with van der Waals surface area (Å²) in [4.78, 5) is 24.6. The van der Waals surface area contributed by atoms with Crippen LogP contribution in [0.25, 0.3) is 0 Å². The molecule has 6 heteroatoms. The average molecular weight is 1280 g/mol. The number of allylic oxidation sites excluding steroid dienone is 6. The van der Waals surface area contributed by atoms with Crippen LogP contribution in [0, 0.1) is 0 Å². The number of unbranched alkanes of at least 4 members (excludes halogenated alkanes) is 62. The number of carbonyl (C=O) groups is 2. The molecule has 3 N–H and O–H groups in total. The van der Waals surface area contributed by atoms with Crippen molar-refractivity contribution in [2.45, 2.75) is 482 Å². The maximum absolute atomic E-state index is 12.6. The maximum Gasteiger partial charge on any atom is 0.305 e. The van der Waals surface area contributed by atoms with Gasteiger partial charge in [-0.05, 0) is 77.0 Å². The summed E-state index contributed by atoms with van der Waals surface area (Å²) in [5.74, 6) is -0.0163. The number of ether oxygens (including phenoxy) is 1. The van der Waals surface area contributed by atoms with E-state index < -0.39 is 12.1 Å². The normalized spacial score (nSPS) is 12.6. The van der Waals surface area contributed by atoms with Crippen molar-refractivity contribution in [1.29, 1.82) is 0 Å². The number of rotatable bonds is 79. The zero-order valence-corrected chi connectivity index (χ0v) is 61.9. The van der Waals surface area contributed by atoms with Gasteiger partial charge in [0.05, 0.1) is 25.4 Å². The Bertz CT molecular complexity index is 1470. The zero-order chi connectivity index (χ0) is 65.6. The van der Waals surface area contributed by atoms with Crippen LogP contribution in [0.15, 0.2) is 36.5 Å². The molecular formula is C85H163NO5. The summed E-state index contributed by atoms with van der Waals surface area (Å²) in [6.45, 7) is 4.96. The van der Waals surface area contributed by atoms with Gasteiger partial charge >= 0.3 is 5.97 Å². The smallest absolute Gasteiger partial charge is 0.305 e. The molecule has 0 aliphatic rings. The van der Waals surface area contributed by atoms with E-state index in [4.69, 9.17) is 4.74 Å². The minimum absolute atomic E-state index is 0.00979. The number of esters is 1. The standard InChI is InChI=1S/C85H163NO5/c1-3-5-7-9-11-13-15-16-17-18-19-20-21-39-42-45-48-51-54-58-61-65-69-73-77-83(88)82(81-87)86-84(89)78-74-70-66-62-59-55-52-49-46-43-40-37-35-33-31-29-27-25-23-22-24-26-28-30-32-34-36-38-41-44-47-50-53-56-60-64-68-72-76-80-91-85(90)79-75-71-67-63-57-14-12-10-8-6-4-2/h10,12,22-23,26,28,82-83,87-88H,3-9,11,13-21,24-25,27,29-81H2,1-2H3,(H,86,89)/b12-10-,23-22-,28-26-. The fourth-order valence-electron chi connectivity index (χ4n) is 13.3. The van der Waals surface area contributed by atoms with E-state index in [9.17, 15) is 19.8 Å². The maximum atomic E-state index is 12.6. The van der Waals surface area contributed by atoms with Gasteiger partial charge in [0.2, 0.25) is 5.91 Å². The van der Waals surface area contributed by atoms with Crippen molar-refractivity contribution in [3.05, 3.63) is 36.5 Å². The molecule has 0 aliphatic heterocycles. The molecule has 0 heterocycles. The number of carbonyl (C=O) groups excluding carboxylic acids is 2. The Morgan fingerprint density at radius 1 is 0.308 bits per heavy atom. The van der Waals surface area contributed by atoms with Crippen LogP contribution in [0.5, 0.6) is 0 Å². The second-order valence-corrected chi connectivity index (χ2v) is 28.8. The van der Waals surface area contributed by atoms with Gasteiger partial charge in [-0.15, -0.1) is 0 Å². The van der Waals surface area contributed by atoms with Gasteiger partial charge in [-0.2, -0.15) is 0 Å². The molecule has 0 aromatic heterocycles. The van der Waals surface area contributed by atoms with E-state index in [0.717, 1.165) is 51.4 Å². The highest BCUT2D eigenvalue weighted by atomic mass is 16.5. The van der Waals surface area contributed by atoms with Crippen LogP contribution in [0.2, 0.25) is 0 Å². The Balaban J connectivity index is 3.36. The molecule has 538 valence electrons. The van der Waals surface area contributed by atoms with Gasteiger partial charge in [-0.25, -0.2) is 0 Å². The SMILES string of the molecule is CCCC/C=C\CCCCCCCC(=O)OCCCCCCCCCCCCCCCCC/C=C\C/C=C\CCCCCCCCCCCCCCCCCCCC(=O)NC(CO)C(O)CCCCCCCCCCCCCCCCCCCCCCCCCC. The summed E-state index contributed by atoms with van der Waals surface area (Å²) >= 11 is 0. The predicted octanol–water partition coefficient (Wildman–Crippen LogP) is 27.8. The largest absolute Gasteiger partial charge is 0.466 e. The third-order valence-corrected chi connectivity index (χ3v) is 19.7. The molecular weight excluding hydrogens is 1110 g/mol. The van der Waals surface area contributed by atoms with Crippen molar-refractivity contribution in [2.24, 2.45) is 0 Å². The molecule has 0 bridgehead atoms. The van der Waals surface area contributed by atoms with Crippen LogP contribution in [-0.2, 0) is 14.3 Å². The molecule has 0 fully saturated rings. The number of hydrogen-bond acceptors (Lipinski definition) is 5. The molecule has 2 atom stereocenters. The van der Waals surface area contributed by atoms with Crippen molar-refractivity contribution < 1.29 is 24.5 Å². The Morgan fingerprint density at radius 2 is 0.560 bits per heavy atom. The molecule has 2 unspecified atom stereocenters. The summed E-state index contributed by atoms with van der Waals surface area (Å²) in [7, 11) is 0. The summed E-state index contributed by atoms with van der Waals surface area (Å²) < 4.78 is 5.47. The average Bonchev–Trinajstić information content (AvgIpc) is 3.68. The first-order valence-electron chi connectivity index (χ1n) is 41.7. The second-order valence-electron chi connectivity index (χ2n) is 28.8. The minimum atomic E-state index is -0.664. The highest BCUT2D eigenvalue weighted by Crippen LogP contribution is 2.20. The van der Waals surface area contributed by atoms with Crippen LogP contribution in [0.1, 0.15) is 470 Å². The monoisotopic (exact) mass is 1280 g/mol. The van der Waals surface area contributed by atoms with Gasteiger partial charge in [0.25, 0.3) is 0 Å². The van der Waals surface area contributed by atoms with Gasteiger partial charge < -0.3 is 20.3 Å². The van der Waals surface area contributed by atoms with Crippen molar-refractivity contribution >= 4 is 11.9 Å². The number of aliphatic hydroxyl groups is 2. The Labute approximate surface area is 570 Å². The molecule has 1 amide bonds. The van der Waals surface area contributed by atoms with E-state index in [-0.39, 0.29) is 18.5 Å².